The molecule has 102 valence electrons. The molecule has 1 aromatic heterocycles. The monoisotopic (exact) mass is 272 g/mol. The Labute approximate surface area is 115 Å². The van der Waals surface area contributed by atoms with Crippen molar-refractivity contribution < 1.29 is 19.1 Å². The van der Waals surface area contributed by atoms with Gasteiger partial charge in [-0.1, -0.05) is 18.2 Å². The van der Waals surface area contributed by atoms with E-state index in [0.717, 1.165) is 0 Å². The van der Waals surface area contributed by atoms with Crippen LogP contribution in [-0.4, -0.2) is 24.2 Å². The third-order valence-corrected chi connectivity index (χ3v) is 2.37. The maximum absolute atomic E-state index is 11.6. The van der Waals surface area contributed by atoms with E-state index in [0.29, 0.717) is 11.3 Å². The molecule has 6 heteroatoms. The van der Waals surface area contributed by atoms with E-state index in [1.54, 1.807) is 24.3 Å². The van der Waals surface area contributed by atoms with E-state index in [1.165, 1.54) is 25.4 Å². The van der Waals surface area contributed by atoms with Crippen LogP contribution in [0.25, 0.3) is 0 Å². The van der Waals surface area contributed by atoms with Crippen LogP contribution in [0, 0.1) is 0 Å². The van der Waals surface area contributed by atoms with Gasteiger partial charge in [0.05, 0.1) is 12.7 Å². The quantitative estimate of drug-likeness (QED) is 0.868. The van der Waals surface area contributed by atoms with Crippen molar-refractivity contribution in [2.24, 2.45) is 0 Å². The van der Waals surface area contributed by atoms with Gasteiger partial charge in [-0.3, -0.25) is 5.32 Å². The second kappa shape index (κ2) is 6.33. The summed E-state index contributed by atoms with van der Waals surface area (Å²) in [5, 5.41) is 2.45. The molecule has 0 aliphatic rings. The number of nitrogens with one attached hydrogen (secondary N) is 1. The number of esters is 1. The number of methoxy groups -OCH3 is 1. The molecule has 2 rings (SSSR count). The van der Waals surface area contributed by atoms with Crippen molar-refractivity contribution in [3.63, 3.8) is 0 Å². The molecular weight excluding hydrogens is 260 g/mol. The number of ether oxygens (including phenoxy) is 2. The van der Waals surface area contributed by atoms with Crippen molar-refractivity contribution in [2.75, 3.05) is 12.4 Å². The van der Waals surface area contributed by atoms with Gasteiger partial charge in [-0.15, -0.1) is 0 Å². The lowest BCUT2D eigenvalue weighted by atomic mass is 10.3. The fourth-order valence-corrected chi connectivity index (χ4v) is 1.43. The number of carbonyl (C=O) groups excluding carboxylic acids is 2. The minimum Gasteiger partial charge on any atom is -0.465 e. The molecule has 0 bridgehead atoms. The Morgan fingerprint density at radius 1 is 1.10 bits per heavy atom. The molecule has 0 saturated heterocycles. The highest BCUT2D eigenvalue weighted by molar-refractivity contribution is 5.90. The van der Waals surface area contributed by atoms with Crippen molar-refractivity contribution in [1.29, 1.82) is 0 Å². The van der Waals surface area contributed by atoms with Crippen LogP contribution in [0.15, 0.2) is 48.7 Å². The zero-order valence-corrected chi connectivity index (χ0v) is 10.7. The number of aromatic nitrogens is 1. The highest BCUT2D eigenvalue weighted by Gasteiger charge is 2.08. The number of para-hydroxylation sites is 1. The molecule has 0 aliphatic carbocycles. The summed E-state index contributed by atoms with van der Waals surface area (Å²) in [4.78, 5) is 26.7. The zero-order valence-electron chi connectivity index (χ0n) is 10.7. The molecule has 0 spiro atoms. The second-order valence-electron chi connectivity index (χ2n) is 3.75. The maximum Gasteiger partial charge on any atom is 0.418 e. The van der Waals surface area contributed by atoms with E-state index in [4.69, 9.17) is 4.74 Å². The molecule has 0 aliphatic heterocycles. The minimum absolute atomic E-state index is 0.276. The molecule has 0 radical (unpaired) electrons. The molecule has 2 aromatic rings. The topological polar surface area (TPSA) is 77.5 Å². The van der Waals surface area contributed by atoms with E-state index in [2.05, 4.69) is 15.0 Å². The van der Waals surface area contributed by atoms with Gasteiger partial charge in [0.2, 0.25) is 0 Å². The lowest BCUT2D eigenvalue weighted by Gasteiger charge is -2.06. The molecule has 0 fully saturated rings. The highest BCUT2D eigenvalue weighted by Crippen LogP contribution is 2.11. The van der Waals surface area contributed by atoms with Gasteiger partial charge in [0.25, 0.3) is 0 Å². The van der Waals surface area contributed by atoms with E-state index in [1.807, 2.05) is 6.07 Å². The predicted molar refractivity (Wildman–Crippen MR) is 71.7 cm³/mol. The standard InChI is InChI=1S/C14H12N2O4/c1-19-13(17)10-7-8-12(15-9-10)16-14(18)20-11-5-3-2-4-6-11/h2-9H,1H3,(H,15,16,18). The Balaban J connectivity index is 1.96. The number of hydrogen-bond acceptors (Lipinski definition) is 5. The normalized spacial score (nSPS) is 9.65. The maximum atomic E-state index is 11.6. The first-order chi connectivity index (χ1) is 9.69. The number of hydrogen-bond donors (Lipinski definition) is 1. The summed E-state index contributed by atoms with van der Waals surface area (Å²) >= 11 is 0. The summed E-state index contributed by atoms with van der Waals surface area (Å²) < 4.78 is 9.58. The van der Waals surface area contributed by atoms with Crippen LogP contribution in [0.2, 0.25) is 0 Å². The smallest absolute Gasteiger partial charge is 0.418 e. The van der Waals surface area contributed by atoms with Gasteiger partial charge in [-0.05, 0) is 24.3 Å². The fourth-order valence-electron chi connectivity index (χ4n) is 1.43. The van der Waals surface area contributed by atoms with Crippen LogP contribution in [0.5, 0.6) is 5.75 Å². The molecule has 1 N–H and O–H groups in total. The molecular formula is C14H12N2O4. The summed E-state index contributed by atoms with van der Waals surface area (Å²) in [6.07, 6.45) is 0.652. The molecule has 20 heavy (non-hydrogen) atoms. The first kappa shape index (κ1) is 13.5. The number of anilines is 1. The van der Waals surface area contributed by atoms with Crippen LogP contribution in [0.3, 0.4) is 0 Å². The molecule has 0 unspecified atom stereocenters. The molecule has 0 saturated carbocycles. The molecule has 1 aromatic carbocycles. The second-order valence-corrected chi connectivity index (χ2v) is 3.75. The number of amides is 1. The Kier molecular flexibility index (Phi) is 4.28. The summed E-state index contributed by atoms with van der Waals surface area (Å²) in [6.45, 7) is 0. The van der Waals surface area contributed by atoms with Gasteiger partial charge in [-0.25, -0.2) is 14.6 Å². The van der Waals surface area contributed by atoms with Crippen LogP contribution in [-0.2, 0) is 4.74 Å². The molecule has 6 nitrogen and oxygen atoms in total. The zero-order chi connectivity index (χ0) is 14.4. The minimum atomic E-state index is -0.658. The Hall–Kier alpha value is -2.89. The number of rotatable bonds is 3. The summed E-state index contributed by atoms with van der Waals surface area (Å²) in [7, 11) is 1.28. The third-order valence-electron chi connectivity index (χ3n) is 2.37. The Morgan fingerprint density at radius 3 is 2.45 bits per heavy atom. The van der Waals surface area contributed by atoms with Crippen molar-refractivity contribution >= 4 is 17.9 Å². The van der Waals surface area contributed by atoms with Crippen molar-refractivity contribution in [3.05, 3.63) is 54.2 Å². The highest BCUT2D eigenvalue weighted by atomic mass is 16.6. The Morgan fingerprint density at radius 2 is 1.85 bits per heavy atom. The largest absolute Gasteiger partial charge is 0.465 e. The van der Waals surface area contributed by atoms with Crippen LogP contribution >= 0.6 is 0 Å². The van der Waals surface area contributed by atoms with Gasteiger partial charge in [0, 0.05) is 6.20 Å². The van der Waals surface area contributed by atoms with Crippen LogP contribution in [0.4, 0.5) is 10.6 Å². The summed E-state index contributed by atoms with van der Waals surface area (Å²) in [5.41, 5.74) is 0.300. The van der Waals surface area contributed by atoms with E-state index >= 15 is 0 Å². The first-order valence-electron chi connectivity index (χ1n) is 5.77. The molecule has 0 atom stereocenters. The SMILES string of the molecule is COC(=O)c1ccc(NC(=O)Oc2ccccc2)nc1. The Bertz CT molecular complexity index is 596. The van der Waals surface area contributed by atoms with E-state index in [-0.39, 0.29) is 5.82 Å². The van der Waals surface area contributed by atoms with Gasteiger partial charge in [0.1, 0.15) is 11.6 Å². The summed E-state index contributed by atoms with van der Waals surface area (Å²) in [6, 6.07) is 11.6. The fraction of sp³-hybridized carbons (Fsp3) is 0.0714. The van der Waals surface area contributed by atoms with Crippen molar-refractivity contribution in [3.8, 4) is 5.75 Å². The average Bonchev–Trinajstić information content (AvgIpc) is 2.48. The number of carbonyl (C=O) groups is 2. The number of pyridine rings is 1. The van der Waals surface area contributed by atoms with Gasteiger partial charge in [0.15, 0.2) is 0 Å². The summed E-state index contributed by atoms with van der Waals surface area (Å²) in [5.74, 6) is 0.214. The van der Waals surface area contributed by atoms with Crippen LogP contribution in [0.1, 0.15) is 10.4 Å². The molecule has 1 amide bonds. The van der Waals surface area contributed by atoms with Gasteiger partial charge in [-0.2, -0.15) is 0 Å². The lowest BCUT2D eigenvalue weighted by molar-refractivity contribution is 0.0600. The number of benzene rings is 1. The van der Waals surface area contributed by atoms with E-state index in [9.17, 15) is 9.59 Å². The lowest BCUT2D eigenvalue weighted by Crippen LogP contribution is -2.17. The first-order valence-corrected chi connectivity index (χ1v) is 5.77. The molecule has 1 heterocycles. The van der Waals surface area contributed by atoms with Crippen molar-refractivity contribution in [2.45, 2.75) is 0 Å². The van der Waals surface area contributed by atoms with E-state index < -0.39 is 12.1 Å². The average molecular weight is 272 g/mol. The van der Waals surface area contributed by atoms with Gasteiger partial charge >= 0.3 is 12.1 Å². The third kappa shape index (κ3) is 3.55. The van der Waals surface area contributed by atoms with Crippen molar-refractivity contribution in [1.82, 2.24) is 4.98 Å². The number of nitrogens with zero attached hydrogens (tertiary/aromatic N) is 1. The predicted octanol–water partition coefficient (Wildman–Crippen LogP) is 2.48. The van der Waals surface area contributed by atoms with Gasteiger partial charge < -0.3 is 9.47 Å². The van der Waals surface area contributed by atoms with Crippen LogP contribution < -0.4 is 10.1 Å².